The van der Waals surface area contributed by atoms with Crippen LogP contribution < -0.4 is 0 Å². The van der Waals surface area contributed by atoms with Crippen molar-refractivity contribution in [3.05, 3.63) is 53.1 Å². The van der Waals surface area contributed by atoms with Crippen LogP contribution in [0.25, 0.3) is 0 Å². The molecule has 0 N–H and O–H groups in total. The van der Waals surface area contributed by atoms with Crippen LogP contribution in [0.2, 0.25) is 0 Å². The van der Waals surface area contributed by atoms with Crippen molar-refractivity contribution in [2.24, 2.45) is 0 Å². The van der Waals surface area contributed by atoms with E-state index >= 15 is 0 Å². The highest BCUT2D eigenvalue weighted by Crippen LogP contribution is 2.19. The number of imidazole rings is 1. The molecule has 0 unspecified atom stereocenters. The molecule has 0 spiro atoms. The molecular weight excluding hydrogens is 250 g/mol. The van der Waals surface area contributed by atoms with Gasteiger partial charge in [-0.25, -0.2) is 13.8 Å². The molecule has 0 fully saturated rings. The number of hydrogen-bond donors (Lipinski definition) is 0. The van der Waals surface area contributed by atoms with Crippen molar-refractivity contribution in [3.8, 4) is 0 Å². The third-order valence-electron chi connectivity index (χ3n) is 2.89. The largest absolute Gasteiger partial charge is 0.328 e. The highest BCUT2D eigenvalue weighted by Gasteiger charge is 2.23. The fourth-order valence-corrected chi connectivity index (χ4v) is 1.92. The van der Waals surface area contributed by atoms with Gasteiger partial charge in [0.2, 0.25) is 5.78 Å². The third kappa shape index (κ3) is 2.41. The maximum absolute atomic E-state index is 13.9. The molecule has 3 nitrogen and oxygen atoms in total. The molecule has 0 atom stereocenters. The van der Waals surface area contributed by atoms with Crippen LogP contribution in [-0.2, 0) is 6.54 Å². The highest BCUT2D eigenvalue weighted by molar-refractivity contribution is 6.07. The minimum Gasteiger partial charge on any atom is -0.328 e. The summed E-state index contributed by atoms with van der Waals surface area (Å²) in [6, 6.07) is 2.40. The van der Waals surface area contributed by atoms with Gasteiger partial charge in [0, 0.05) is 18.9 Å². The van der Waals surface area contributed by atoms with Crippen molar-refractivity contribution >= 4 is 5.78 Å². The Morgan fingerprint density at radius 1 is 1.37 bits per heavy atom. The van der Waals surface area contributed by atoms with Crippen molar-refractivity contribution in [3.63, 3.8) is 0 Å². The van der Waals surface area contributed by atoms with Crippen LogP contribution in [0.5, 0.6) is 0 Å². The van der Waals surface area contributed by atoms with E-state index in [4.69, 9.17) is 0 Å². The zero-order valence-corrected chi connectivity index (χ0v) is 10.8. The standard InChI is InChI=1S/C14H14F2N2O/c1-3-7-18-8-6-17-14(18)13(19)11-10(15)5-4-9(2)12(11)16/h4-6,8H,3,7H2,1-2H3. The number of benzene rings is 1. The third-order valence-corrected chi connectivity index (χ3v) is 2.89. The van der Waals surface area contributed by atoms with E-state index in [-0.39, 0.29) is 11.4 Å². The van der Waals surface area contributed by atoms with Crippen molar-refractivity contribution in [2.75, 3.05) is 0 Å². The molecule has 0 saturated heterocycles. The van der Waals surface area contributed by atoms with Crippen molar-refractivity contribution in [2.45, 2.75) is 26.8 Å². The highest BCUT2D eigenvalue weighted by atomic mass is 19.1. The van der Waals surface area contributed by atoms with Crippen LogP contribution in [-0.4, -0.2) is 15.3 Å². The molecule has 5 heteroatoms. The first-order valence-corrected chi connectivity index (χ1v) is 6.06. The number of aryl methyl sites for hydroxylation is 2. The molecule has 0 radical (unpaired) electrons. The van der Waals surface area contributed by atoms with Crippen LogP contribution in [0.15, 0.2) is 24.5 Å². The quantitative estimate of drug-likeness (QED) is 0.795. The van der Waals surface area contributed by atoms with Crippen molar-refractivity contribution < 1.29 is 13.6 Å². The van der Waals surface area contributed by atoms with E-state index in [1.165, 1.54) is 19.2 Å². The lowest BCUT2D eigenvalue weighted by molar-refractivity contribution is 0.101. The van der Waals surface area contributed by atoms with E-state index in [0.717, 1.165) is 12.5 Å². The number of ketones is 1. The maximum atomic E-state index is 13.9. The molecule has 0 bridgehead atoms. The summed E-state index contributed by atoms with van der Waals surface area (Å²) in [5.74, 6) is -2.35. The Kier molecular flexibility index (Phi) is 3.74. The number of hydrogen-bond acceptors (Lipinski definition) is 2. The second-order valence-corrected chi connectivity index (χ2v) is 4.33. The van der Waals surface area contributed by atoms with Crippen LogP contribution in [0, 0.1) is 18.6 Å². The Bertz CT molecular complexity index is 620. The Labute approximate surface area is 109 Å². The van der Waals surface area contributed by atoms with Gasteiger partial charge in [0.15, 0.2) is 5.82 Å². The van der Waals surface area contributed by atoms with E-state index in [1.54, 1.807) is 10.8 Å². The summed E-state index contributed by atoms with van der Waals surface area (Å²) in [5.41, 5.74) is -0.304. The normalized spacial score (nSPS) is 10.7. The van der Waals surface area contributed by atoms with Gasteiger partial charge in [0.05, 0.1) is 5.56 Å². The second-order valence-electron chi connectivity index (χ2n) is 4.33. The predicted molar refractivity (Wildman–Crippen MR) is 67.0 cm³/mol. The topological polar surface area (TPSA) is 34.9 Å². The first-order valence-electron chi connectivity index (χ1n) is 6.06. The van der Waals surface area contributed by atoms with Gasteiger partial charge in [-0.05, 0) is 25.0 Å². The van der Waals surface area contributed by atoms with E-state index in [1.807, 2.05) is 6.92 Å². The fraction of sp³-hybridized carbons (Fsp3) is 0.286. The molecule has 0 aliphatic rings. The Hall–Kier alpha value is -2.04. The van der Waals surface area contributed by atoms with Gasteiger partial charge in [0.1, 0.15) is 11.6 Å². The number of halogens is 2. The summed E-state index contributed by atoms with van der Waals surface area (Å²) in [7, 11) is 0. The molecule has 2 aromatic rings. The predicted octanol–water partition coefficient (Wildman–Crippen LogP) is 3.11. The fourth-order valence-electron chi connectivity index (χ4n) is 1.92. The monoisotopic (exact) mass is 264 g/mol. The first-order chi connectivity index (χ1) is 9.06. The van der Waals surface area contributed by atoms with Gasteiger partial charge in [-0.3, -0.25) is 4.79 Å². The number of carbonyl (C=O) groups is 1. The Morgan fingerprint density at radius 3 is 2.79 bits per heavy atom. The molecule has 0 saturated carbocycles. The van der Waals surface area contributed by atoms with E-state index < -0.39 is 23.0 Å². The molecule has 0 aliphatic heterocycles. The Balaban J connectivity index is 2.50. The number of nitrogens with zero attached hydrogens (tertiary/aromatic N) is 2. The minimum atomic E-state index is -0.862. The molecule has 0 amide bonds. The van der Waals surface area contributed by atoms with Gasteiger partial charge in [-0.2, -0.15) is 0 Å². The van der Waals surface area contributed by atoms with Crippen LogP contribution in [0.3, 0.4) is 0 Å². The molecule has 19 heavy (non-hydrogen) atoms. The summed E-state index contributed by atoms with van der Waals surface area (Å²) in [5, 5.41) is 0. The van der Waals surface area contributed by atoms with Crippen LogP contribution >= 0.6 is 0 Å². The lowest BCUT2D eigenvalue weighted by Crippen LogP contribution is -2.15. The zero-order chi connectivity index (χ0) is 14.0. The van der Waals surface area contributed by atoms with Crippen molar-refractivity contribution in [1.29, 1.82) is 0 Å². The lowest BCUT2D eigenvalue weighted by Gasteiger charge is -2.08. The SMILES string of the molecule is CCCn1ccnc1C(=O)c1c(F)ccc(C)c1F. The van der Waals surface area contributed by atoms with Gasteiger partial charge in [-0.1, -0.05) is 13.0 Å². The van der Waals surface area contributed by atoms with E-state index in [9.17, 15) is 13.6 Å². The Morgan fingerprint density at radius 2 is 2.11 bits per heavy atom. The molecule has 1 heterocycles. The molecule has 0 aliphatic carbocycles. The maximum Gasteiger partial charge on any atom is 0.234 e. The number of aromatic nitrogens is 2. The molecule has 100 valence electrons. The second kappa shape index (κ2) is 5.30. The minimum absolute atomic E-state index is 0.0604. The van der Waals surface area contributed by atoms with E-state index in [2.05, 4.69) is 4.98 Å². The average Bonchev–Trinajstić information content (AvgIpc) is 2.83. The molecule has 1 aromatic carbocycles. The summed E-state index contributed by atoms with van der Waals surface area (Å²) in [6.07, 6.45) is 3.88. The lowest BCUT2D eigenvalue weighted by atomic mass is 10.1. The number of rotatable bonds is 4. The van der Waals surface area contributed by atoms with Crippen LogP contribution in [0.1, 0.15) is 35.1 Å². The summed E-state index contributed by atoms with van der Waals surface area (Å²) in [6.45, 7) is 4.02. The van der Waals surface area contributed by atoms with E-state index in [0.29, 0.717) is 6.54 Å². The average molecular weight is 264 g/mol. The van der Waals surface area contributed by atoms with Crippen LogP contribution in [0.4, 0.5) is 8.78 Å². The van der Waals surface area contributed by atoms with Gasteiger partial charge in [0.25, 0.3) is 0 Å². The number of carbonyl (C=O) groups excluding carboxylic acids is 1. The van der Waals surface area contributed by atoms with Gasteiger partial charge in [-0.15, -0.1) is 0 Å². The first kappa shape index (κ1) is 13.4. The molecule has 2 rings (SSSR count). The molecule has 1 aromatic heterocycles. The molecular formula is C14H14F2N2O. The van der Waals surface area contributed by atoms with Gasteiger partial charge < -0.3 is 4.57 Å². The summed E-state index contributed by atoms with van der Waals surface area (Å²) >= 11 is 0. The van der Waals surface area contributed by atoms with Crippen molar-refractivity contribution in [1.82, 2.24) is 9.55 Å². The smallest absolute Gasteiger partial charge is 0.234 e. The summed E-state index contributed by atoms with van der Waals surface area (Å²) in [4.78, 5) is 16.1. The zero-order valence-electron chi connectivity index (χ0n) is 10.8. The van der Waals surface area contributed by atoms with Gasteiger partial charge >= 0.3 is 0 Å². The summed E-state index contributed by atoms with van der Waals surface area (Å²) < 4.78 is 29.2.